The van der Waals surface area contributed by atoms with Gasteiger partial charge in [0.25, 0.3) is 0 Å². The second-order valence-corrected chi connectivity index (χ2v) is 7.96. The molecule has 1 N–H and O–H groups in total. The van der Waals surface area contributed by atoms with Crippen LogP contribution in [-0.4, -0.2) is 45.3 Å². The predicted molar refractivity (Wildman–Crippen MR) is 110 cm³/mol. The van der Waals surface area contributed by atoms with Gasteiger partial charge in [0, 0.05) is 19.3 Å². The number of aromatic nitrogens is 3. The lowest BCUT2D eigenvalue weighted by Crippen LogP contribution is -2.24. The highest BCUT2D eigenvalue weighted by molar-refractivity contribution is 5.92. The summed E-state index contributed by atoms with van der Waals surface area (Å²) in [5.74, 6) is -5.00. The fourth-order valence-electron chi connectivity index (χ4n) is 3.80. The van der Waals surface area contributed by atoms with Gasteiger partial charge in [-0.15, -0.1) is 5.10 Å². The number of hydrogen-bond donors (Lipinski definition) is 1. The third-order valence-electron chi connectivity index (χ3n) is 5.55. The predicted octanol–water partition coefficient (Wildman–Crippen LogP) is 3.97. The first-order valence-corrected chi connectivity index (χ1v) is 10.3. The summed E-state index contributed by atoms with van der Waals surface area (Å²) in [6.45, 7) is 0.500. The van der Waals surface area contributed by atoms with Gasteiger partial charge in [-0.25, -0.2) is 17.9 Å². The summed E-state index contributed by atoms with van der Waals surface area (Å²) in [5.41, 5.74) is -3.11. The molecular formula is C22H17F6N5O2. The number of anilines is 1. The summed E-state index contributed by atoms with van der Waals surface area (Å²) in [7, 11) is 1.62. The van der Waals surface area contributed by atoms with E-state index in [2.05, 4.69) is 15.6 Å². The number of likely N-dealkylation sites (tertiary alicyclic amines) is 1. The van der Waals surface area contributed by atoms with E-state index in [0.717, 1.165) is 24.3 Å². The number of halogens is 6. The summed E-state index contributed by atoms with van der Waals surface area (Å²) in [6, 6.07) is 3.43. The first-order chi connectivity index (χ1) is 16.5. The van der Waals surface area contributed by atoms with Crippen LogP contribution >= 0.6 is 0 Å². The molecule has 1 aromatic heterocycles. The molecule has 1 atom stereocenters. The van der Waals surface area contributed by atoms with E-state index >= 15 is 0 Å². The molecule has 4 rings (SSSR count). The summed E-state index contributed by atoms with van der Waals surface area (Å²) in [4.78, 5) is 25.8. The van der Waals surface area contributed by atoms with Crippen molar-refractivity contribution in [1.29, 1.82) is 0 Å². The molecule has 0 aliphatic carbocycles. The Hall–Kier alpha value is -3.90. The average Bonchev–Trinajstić information content (AvgIpc) is 3.35. The van der Waals surface area contributed by atoms with Crippen LogP contribution in [0.3, 0.4) is 0 Å². The Bertz CT molecular complexity index is 1280. The Morgan fingerprint density at radius 2 is 1.86 bits per heavy atom. The van der Waals surface area contributed by atoms with E-state index < -0.39 is 58.7 Å². The fourth-order valence-corrected chi connectivity index (χ4v) is 3.80. The molecule has 184 valence electrons. The van der Waals surface area contributed by atoms with Gasteiger partial charge in [0.1, 0.15) is 29.2 Å². The average molecular weight is 497 g/mol. The van der Waals surface area contributed by atoms with E-state index in [1.165, 1.54) is 15.8 Å². The molecule has 0 bridgehead atoms. The summed E-state index contributed by atoms with van der Waals surface area (Å²) >= 11 is 0. The lowest BCUT2D eigenvalue weighted by molar-refractivity contribution is -0.140. The maximum atomic E-state index is 14.7. The zero-order valence-electron chi connectivity index (χ0n) is 18.0. The number of alkyl halides is 3. The molecular weight excluding hydrogens is 480 g/mol. The van der Waals surface area contributed by atoms with E-state index in [1.807, 2.05) is 0 Å². The fraction of sp³-hybridized carbons (Fsp3) is 0.273. The summed E-state index contributed by atoms with van der Waals surface area (Å²) in [6.07, 6.45) is -4.04. The highest BCUT2D eigenvalue weighted by atomic mass is 19.4. The van der Waals surface area contributed by atoms with Gasteiger partial charge in [-0.2, -0.15) is 13.2 Å². The van der Waals surface area contributed by atoms with Gasteiger partial charge in [0.2, 0.25) is 11.8 Å². The molecule has 0 radical (unpaired) electrons. The minimum absolute atomic E-state index is 0.175. The van der Waals surface area contributed by atoms with E-state index in [-0.39, 0.29) is 17.3 Å². The van der Waals surface area contributed by atoms with Gasteiger partial charge in [-0.1, -0.05) is 17.3 Å². The van der Waals surface area contributed by atoms with E-state index in [9.17, 15) is 35.9 Å². The topological polar surface area (TPSA) is 80.1 Å². The van der Waals surface area contributed by atoms with Crippen molar-refractivity contribution in [1.82, 2.24) is 19.9 Å². The number of rotatable bonds is 5. The summed E-state index contributed by atoms with van der Waals surface area (Å²) in [5, 5.41) is 9.67. The van der Waals surface area contributed by atoms with Gasteiger partial charge in [0.15, 0.2) is 0 Å². The SMILES string of the molecule is CN1CCC(n2cc(-c3c(F)cc(NC(=O)Cc4cccc(C(F)(F)F)c4F)cc3F)nn2)C1=O. The molecule has 2 amide bonds. The minimum atomic E-state index is -4.94. The van der Waals surface area contributed by atoms with Crippen molar-refractivity contribution >= 4 is 17.5 Å². The molecule has 13 heteroatoms. The van der Waals surface area contributed by atoms with Crippen LogP contribution in [0.5, 0.6) is 0 Å². The van der Waals surface area contributed by atoms with Gasteiger partial charge < -0.3 is 10.2 Å². The lowest BCUT2D eigenvalue weighted by Gasteiger charge is -2.12. The molecule has 1 saturated heterocycles. The van der Waals surface area contributed by atoms with Crippen LogP contribution in [-0.2, 0) is 22.2 Å². The number of likely N-dealkylation sites (N-methyl/N-ethyl adjacent to an activating group) is 1. The third kappa shape index (κ3) is 4.84. The van der Waals surface area contributed by atoms with Crippen molar-refractivity contribution in [2.75, 3.05) is 18.9 Å². The van der Waals surface area contributed by atoms with Gasteiger partial charge in [-0.05, 0) is 30.2 Å². The quantitative estimate of drug-likeness (QED) is 0.542. The van der Waals surface area contributed by atoms with E-state index in [1.54, 1.807) is 7.05 Å². The highest BCUT2D eigenvalue weighted by Gasteiger charge is 2.35. The van der Waals surface area contributed by atoms with Crippen LogP contribution in [0.1, 0.15) is 23.6 Å². The Labute approximate surface area is 194 Å². The van der Waals surface area contributed by atoms with Crippen LogP contribution in [0.25, 0.3) is 11.3 Å². The molecule has 0 saturated carbocycles. The minimum Gasteiger partial charge on any atom is -0.344 e. The van der Waals surface area contributed by atoms with Crippen LogP contribution in [0.15, 0.2) is 36.5 Å². The zero-order valence-corrected chi connectivity index (χ0v) is 18.0. The number of amides is 2. The molecule has 1 unspecified atom stereocenters. The zero-order chi connectivity index (χ0) is 25.5. The Kier molecular flexibility index (Phi) is 6.26. The molecule has 7 nitrogen and oxygen atoms in total. The van der Waals surface area contributed by atoms with Crippen LogP contribution in [0.2, 0.25) is 0 Å². The lowest BCUT2D eigenvalue weighted by atomic mass is 10.1. The number of carbonyl (C=O) groups is 2. The van der Waals surface area contributed by atoms with Crippen molar-refractivity contribution in [2.45, 2.75) is 25.1 Å². The van der Waals surface area contributed by atoms with Crippen molar-refractivity contribution in [3.8, 4) is 11.3 Å². The third-order valence-corrected chi connectivity index (χ3v) is 5.55. The highest BCUT2D eigenvalue weighted by Crippen LogP contribution is 2.33. The normalized spacial score (nSPS) is 16.1. The number of nitrogens with one attached hydrogen (secondary N) is 1. The van der Waals surface area contributed by atoms with Gasteiger partial charge in [-0.3, -0.25) is 9.59 Å². The summed E-state index contributed by atoms with van der Waals surface area (Å²) < 4.78 is 83.4. The number of hydrogen-bond acceptors (Lipinski definition) is 4. The second kappa shape index (κ2) is 9.04. The van der Waals surface area contributed by atoms with Gasteiger partial charge in [0.05, 0.1) is 23.7 Å². The molecule has 1 fully saturated rings. The molecule has 1 aliphatic heterocycles. The molecule has 2 heterocycles. The largest absolute Gasteiger partial charge is 0.419 e. The number of carbonyl (C=O) groups excluding carboxylic acids is 2. The maximum Gasteiger partial charge on any atom is 0.419 e. The van der Waals surface area contributed by atoms with Crippen molar-refractivity contribution in [3.63, 3.8) is 0 Å². The second-order valence-electron chi connectivity index (χ2n) is 7.96. The Morgan fingerprint density at radius 3 is 2.46 bits per heavy atom. The van der Waals surface area contributed by atoms with Crippen molar-refractivity contribution in [2.24, 2.45) is 0 Å². The maximum absolute atomic E-state index is 14.7. The monoisotopic (exact) mass is 497 g/mol. The molecule has 3 aromatic rings. The smallest absolute Gasteiger partial charge is 0.344 e. The first-order valence-electron chi connectivity index (χ1n) is 10.3. The number of benzene rings is 2. The Morgan fingerprint density at radius 1 is 1.17 bits per heavy atom. The van der Waals surface area contributed by atoms with Crippen molar-refractivity contribution < 1.29 is 35.9 Å². The van der Waals surface area contributed by atoms with Crippen molar-refractivity contribution in [3.05, 3.63) is 65.1 Å². The number of nitrogens with zero attached hydrogens (tertiary/aromatic N) is 4. The van der Waals surface area contributed by atoms with Crippen LogP contribution in [0.4, 0.5) is 32.0 Å². The molecule has 1 aliphatic rings. The van der Waals surface area contributed by atoms with Crippen LogP contribution < -0.4 is 5.32 Å². The van der Waals surface area contributed by atoms with Gasteiger partial charge >= 0.3 is 6.18 Å². The molecule has 2 aromatic carbocycles. The molecule has 0 spiro atoms. The van der Waals surface area contributed by atoms with Crippen LogP contribution in [0, 0.1) is 17.5 Å². The first kappa shape index (κ1) is 24.2. The Balaban J connectivity index is 1.51. The van der Waals surface area contributed by atoms with E-state index in [4.69, 9.17) is 0 Å². The molecule has 35 heavy (non-hydrogen) atoms. The standard InChI is InChI=1S/C22H17F6N5O2/c1-32-6-5-17(21(32)35)33-10-16(30-31-33)19-14(23)8-12(9-15(19)24)29-18(34)7-11-3-2-4-13(20(11)25)22(26,27)28/h2-4,8-10,17H,5-7H2,1H3,(H,29,34). The van der Waals surface area contributed by atoms with E-state index in [0.29, 0.717) is 19.0 Å².